The van der Waals surface area contributed by atoms with Gasteiger partial charge in [0.15, 0.2) is 0 Å². The van der Waals surface area contributed by atoms with Crippen LogP contribution < -0.4 is 10.6 Å². The van der Waals surface area contributed by atoms with Crippen molar-refractivity contribution in [1.29, 1.82) is 0 Å². The van der Waals surface area contributed by atoms with E-state index < -0.39 is 17.8 Å². The first-order valence-electron chi connectivity index (χ1n) is 7.75. The average Bonchev–Trinajstić information content (AvgIpc) is 2.55. The van der Waals surface area contributed by atoms with Gasteiger partial charge in [-0.2, -0.15) is 13.2 Å². The lowest BCUT2D eigenvalue weighted by Gasteiger charge is -2.16. The number of hydrogen-bond donors (Lipinski definition) is 2. The molecule has 0 heterocycles. The van der Waals surface area contributed by atoms with E-state index in [9.17, 15) is 18.0 Å². The Morgan fingerprint density at radius 1 is 1.08 bits per heavy atom. The summed E-state index contributed by atoms with van der Waals surface area (Å²) in [7, 11) is 0. The molecule has 1 amide bonds. The highest BCUT2D eigenvalue weighted by Crippen LogP contribution is 2.32. The summed E-state index contributed by atoms with van der Waals surface area (Å²) in [5.41, 5.74) is 1.36. The third-order valence-electron chi connectivity index (χ3n) is 3.64. The topological polar surface area (TPSA) is 50.4 Å². The molecule has 134 valence electrons. The fraction of sp³-hybridized carbons (Fsp3) is 0.278. The highest BCUT2D eigenvalue weighted by Gasteiger charge is 2.32. The second-order valence-electron chi connectivity index (χ2n) is 5.33. The first-order chi connectivity index (χ1) is 11.8. The van der Waals surface area contributed by atoms with E-state index in [0.717, 1.165) is 6.07 Å². The quantitative estimate of drug-likeness (QED) is 0.778. The van der Waals surface area contributed by atoms with Crippen molar-refractivity contribution in [3.05, 3.63) is 59.2 Å². The van der Waals surface area contributed by atoms with Gasteiger partial charge >= 0.3 is 12.3 Å². The summed E-state index contributed by atoms with van der Waals surface area (Å²) < 4.78 is 44.0. The zero-order valence-corrected chi connectivity index (χ0v) is 13.9. The molecule has 0 radical (unpaired) electrons. The number of carbonyl (C=O) groups is 1. The zero-order chi connectivity index (χ0) is 18.4. The van der Waals surface area contributed by atoms with Gasteiger partial charge in [0.1, 0.15) is 0 Å². The van der Waals surface area contributed by atoms with Crippen molar-refractivity contribution in [1.82, 2.24) is 0 Å². The van der Waals surface area contributed by atoms with Crippen LogP contribution in [-0.4, -0.2) is 12.7 Å². The highest BCUT2D eigenvalue weighted by atomic mass is 19.4. The molecule has 0 aliphatic heterocycles. The van der Waals surface area contributed by atoms with E-state index in [0.29, 0.717) is 16.9 Å². The summed E-state index contributed by atoms with van der Waals surface area (Å²) in [5, 5.41) is 5.60. The van der Waals surface area contributed by atoms with E-state index in [1.807, 2.05) is 0 Å². The summed E-state index contributed by atoms with van der Waals surface area (Å²) in [6.45, 7) is 3.72. The van der Waals surface area contributed by atoms with Crippen LogP contribution in [0.15, 0.2) is 42.5 Å². The molecule has 0 fully saturated rings. The fourth-order valence-electron chi connectivity index (χ4n) is 2.38. The van der Waals surface area contributed by atoms with Crippen molar-refractivity contribution >= 4 is 17.5 Å². The van der Waals surface area contributed by atoms with Gasteiger partial charge in [-0.15, -0.1) is 0 Å². The maximum absolute atomic E-state index is 13.0. The number of rotatable bonds is 5. The van der Waals surface area contributed by atoms with Gasteiger partial charge in [-0.25, -0.2) is 4.79 Å². The van der Waals surface area contributed by atoms with Gasteiger partial charge in [0.05, 0.1) is 12.2 Å². The third-order valence-corrected chi connectivity index (χ3v) is 3.64. The molecule has 7 heteroatoms. The summed E-state index contributed by atoms with van der Waals surface area (Å²) in [6.07, 6.45) is -4.98. The number of carbonyl (C=O) groups excluding carboxylic acids is 1. The summed E-state index contributed by atoms with van der Waals surface area (Å²) in [6, 6.07) is 10.6. The Morgan fingerprint density at radius 3 is 2.44 bits per heavy atom. The lowest BCUT2D eigenvalue weighted by atomic mass is 10.1. The van der Waals surface area contributed by atoms with E-state index >= 15 is 0 Å². The number of amides is 1. The van der Waals surface area contributed by atoms with Gasteiger partial charge in [-0.1, -0.05) is 24.3 Å². The molecule has 0 aliphatic rings. The van der Waals surface area contributed by atoms with Gasteiger partial charge in [-0.3, -0.25) is 5.32 Å². The van der Waals surface area contributed by atoms with Crippen LogP contribution >= 0.6 is 0 Å². The normalized spacial score (nSPS) is 11.1. The number of alkyl halides is 3. The molecule has 25 heavy (non-hydrogen) atoms. The van der Waals surface area contributed by atoms with Crippen molar-refractivity contribution in [2.24, 2.45) is 0 Å². The Kier molecular flexibility index (Phi) is 5.90. The van der Waals surface area contributed by atoms with Gasteiger partial charge in [0.2, 0.25) is 0 Å². The second kappa shape index (κ2) is 7.92. The molecule has 0 saturated heterocycles. The van der Waals surface area contributed by atoms with Crippen LogP contribution in [0.25, 0.3) is 0 Å². The number of hydrogen-bond acceptors (Lipinski definition) is 3. The van der Waals surface area contributed by atoms with Gasteiger partial charge in [-0.05, 0) is 43.2 Å². The number of anilines is 2. The van der Waals surface area contributed by atoms with Crippen molar-refractivity contribution in [2.75, 3.05) is 17.2 Å². The lowest BCUT2D eigenvalue weighted by molar-refractivity contribution is -0.138. The Balaban J connectivity index is 2.16. The smallest absolute Gasteiger partial charge is 0.416 e. The van der Waals surface area contributed by atoms with Crippen LogP contribution in [0.2, 0.25) is 0 Å². The summed E-state index contributed by atoms with van der Waals surface area (Å²) in [4.78, 5) is 11.5. The van der Waals surface area contributed by atoms with Crippen molar-refractivity contribution in [2.45, 2.75) is 26.6 Å². The Hall–Kier alpha value is -2.70. The largest absolute Gasteiger partial charge is 0.450 e. The van der Waals surface area contributed by atoms with Crippen molar-refractivity contribution < 1.29 is 22.7 Å². The molecule has 2 rings (SSSR count). The van der Waals surface area contributed by atoms with Gasteiger partial charge in [0.25, 0.3) is 0 Å². The van der Waals surface area contributed by atoms with E-state index in [2.05, 4.69) is 10.6 Å². The number of benzene rings is 2. The van der Waals surface area contributed by atoms with Crippen molar-refractivity contribution in [3.8, 4) is 0 Å². The van der Waals surface area contributed by atoms with E-state index in [1.165, 1.54) is 12.1 Å². The predicted molar refractivity (Wildman–Crippen MR) is 90.6 cm³/mol. The standard InChI is InChI=1S/C18H19F3N2O2/c1-3-25-17(24)23-16-10-6-9-15(12(16)2)22-11-13-7-4-5-8-14(13)18(19,20)21/h4-10,22H,3,11H2,1-2H3,(H,23,24). The Labute approximate surface area is 144 Å². The Morgan fingerprint density at radius 2 is 1.76 bits per heavy atom. The van der Waals surface area contributed by atoms with Crippen LogP contribution in [0.3, 0.4) is 0 Å². The molecule has 0 aliphatic carbocycles. The van der Waals surface area contributed by atoms with Crippen LogP contribution in [0.4, 0.5) is 29.3 Å². The van der Waals surface area contributed by atoms with Gasteiger partial charge in [0, 0.05) is 17.9 Å². The molecule has 0 aromatic heterocycles. The zero-order valence-electron chi connectivity index (χ0n) is 13.9. The van der Waals surface area contributed by atoms with Crippen LogP contribution in [0.5, 0.6) is 0 Å². The molecule has 2 N–H and O–H groups in total. The van der Waals surface area contributed by atoms with Crippen LogP contribution in [0, 0.1) is 6.92 Å². The fourth-order valence-corrected chi connectivity index (χ4v) is 2.38. The average molecular weight is 352 g/mol. The second-order valence-corrected chi connectivity index (χ2v) is 5.33. The van der Waals surface area contributed by atoms with E-state index in [-0.39, 0.29) is 18.7 Å². The minimum Gasteiger partial charge on any atom is -0.450 e. The third kappa shape index (κ3) is 4.89. The van der Waals surface area contributed by atoms with Crippen LogP contribution in [0.1, 0.15) is 23.6 Å². The molecule has 2 aromatic rings. The first kappa shape index (κ1) is 18.6. The molecule has 0 spiro atoms. The molecular formula is C18H19F3N2O2. The molecule has 4 nitrogen and oxygen atoms in total. The van der Waals surface area contributed by atoms with Crippen molar-refractivity contribution in [3.63, 3.8) is 0 Å². The maximum Gasteiger partial charge on any atom is 0.416 e. The molecular weight excluding hydrogens is 333 g/mol. The lowest BCUT2D eigenvalue weighted by Crippen LogP contribution is -2.15. The van der Waals surface area contributed by atoms with Gasteiger partial charge < -0.3 is 10.1 Å². The maximum atomic E-state index is 13.0. The molecule has 0 saturated carbocycles. The number of ether oxygens (including phenoxy) is 1. The monoisotopic (exact) mass is 352 g/mol. The van der Waals surface area contributed by atoms with Crippen LogP contribution in [-0.2, 0) is 17.5 Å². The molecule has 0 unspecified atom stereocenters. The highest BCUT2D eigenvalue weighted by molar-refractivity contribution is 5.87. The summed E-state index contributed by atoms with van der Waals surface area (Å²) >= 11 is 0. The number of nitrogens with one attached hydrogen (secondary N) is 2. The molecule has 2 aromatic carbocycles. The summed E-state index contributed by atoms with van der Waals surface area (Å²) in [5.74, 6) is 0. The SMILES string of the molecule is CCOC(=O)Nc1cccc(NCc2ccccc2C(F)(F)F)c1C. The number of halogens is 3. The van der Waals surface area contributed by atoms with E-state index in [1.54, 1.807) is 38.1 Å². The minimum atomic E-state index is -4.40. The molecule has 0 bridgehead atoms. The predicted octanol–water partition coefficient (Wildman–Crippen LogP) is 5.19. The van der Waals surface area contributed by atoms with E-state index in [4.69, 9.17) is 4.74 Å². The molecule has 0 atom stereocenters. The first-order valence-corrected chi connectivity index (χ1v) is 7.75. The Bertz CT molecular complexity index is 745. The minimum absolute atomic E-state index is 0.0133.